The Morgan fingerprint density at radius 1 is 1.11 bits per heavy atom. The minimum atomic E-state index is 0.469. The normalized spacial score (nSPS) is 10.8. The SMILES string of the molecule is Cc1ccc(Nc2nc3cc(Cl)ccc3o2)cc1. The van der Waals surface area contributed by atoms with Crippen molar-refractivity contribution >= 4 is 34.4 Å². The van der Waals surface area contributed by atoms with Gasteiger partial charge < -0.3 is 9.73 Å². The first-order valence-corrected chi connectivity index (χ1v) is 5.98. The van der Waals surface area contributed by atoms with Gasteiger partial charge in [-0.2, -0.15) is 4.98 Å². The number of rotatable bonds is 2. The van der Waals surface area contributed by atoms with Gasteiger partial charge >= 0.3 is 0 Å². The Balaban J connectivity index is 1.92. The second-order valence-corrected chi connectivity index (χ2v) is 4.56. The Bertz CT molecular complexity index is 689. The summed E-state index contributed by atoms with van der Waals surface area (Å²) >= 11 is 5.90. The molecule has 0 aliphatic rings. The van der Waals surface area contributed by atoms with E-state index in [9.17, 15) is 0 Å². The average molecular weight is 259 g/mol. The summed E-state index contributed by atoms with van der Waals surface area (Å²) in [6, 6.07) is 13.9. The lowest BCUT2D eigenvalue weighted by Gasteiger charge is -2.00. The number of nitrogens with zero attached hydrogens (tertiary/aromatic N) is 1. The number of hydrogen-bond acceptors (Lipinski definition) is 3. The van der Waals surface area contributed by atoms with Crippen LogP contribution in [0, 0.1) is 6.92 Å². The van der Waals surface area contributed by atoms with Crippen LogP contribution in [0.15, 0.2) is 46.9 Å². The minimum absolute atomic E-state index is 0.469. The molecule has 0 aliphatic heterocycles. The highest BCUT2D eigenvalue weighted by Crippen LogP contribution is 2.24. The van der Waals surface area contributed by atoms with E-state index in [1.54, 1.807) is 12.1 Å². The summed E-state index contributed by atoms with van der Waals surface area (Å²) in [5.74, 6) is 0. The molecule has 2 aromatic carbocycles. The monoisotopic (exact) mass is 258 g/mol. The molecule has 0 saturated heterocycles. The van der Waals surface area contributed by atoms with E-state index in [-0.39, 0.29) is 0 Å². The van der Waals surface area contributed by atoms with Gasteiger partial charge in [0.2, 0.25) is 0 Å². The van der Waals surface area contributed by atoms with Crippen LogP contribution in [0.25, 0.3) is 11.1 Å². The van der Waals surface area contributed by atoms with Crippen molar-refractivity contribution in [2.75, 3.05) is 5.32 Å². The summed E-state index contributed by atoms with van der Waals surface area (Å²) in [5, 5.41) is 3.77. The smallest absolute Gasteiger partial charge is 0.300 e. The Hall–Kier alpha value is -2.00. The largest absolute Gasteiger partial charge is 0.423 e. The standard InChI is InChI=1S/C14H11ClN2O/c1-9-2-5-11(6-3-9)16-14-17-12-8-10(15)4-7-13(12)18-14/h2-8H,1H3,(H,16,17). The van der Waals surface area contributed by atoms with Crippen molar-refractivity contribution in [3.63, 3.8) is 0 Å². The van der Waals surface area contributed by atoms with Crippen LogP contribution >= 0.6 is 11.6 Å². The van der Waals surface area contributed by atoms with Gasteiger partial charge in [0.1, 0.15) is 5.52 Å². The second kappa shape index (κ2) is 4.35. The highest BCUT2D eigenvalue weighted by molar-refractivity contribution is 6.31. The number of halogens is 1. The fourth-order valence-electron chi connectivity index (χ4n) is 1.71. The molecule has 4 heteroatoms. The summed E-state index contributed by atoms with van der Waals surface area (Å²) in [5.41, 5.74) is 3.62. The highest BCUT2D eigenvalue weighted by atomic mass is 35.5. The molecule has 0 bridgehead atoms. The number of hydrogen-bond donors (Lipinski definition) is 1. The summed E-state index contributed by atoms with van der Waals surface area (Å²) in [4.78, 5) is 4.33. The van der Waals surface area contributed by atoms with Crippen molar-refractivity contribution in [3.8, 4) is 0 Å². The van der Waals surface area contributed by atoms with Crippen LogP contribution in [-0.2, 0) is 0 Å². The summed E-state index contributed by atoms with van der Waals surface area (Å²) < 4.78 is 5.58. The molecule has 3 rings (SSSR count). The molecule has 0 spiro atoms. The molecule has 90 valence electrons. The van der Waals surface area contributed by atoms with E-state index in [1.165, 1.54) is 5.56 Å². The van der Waals surface area contributed by atoms with Crippen LogP contribution in [0.4, 0.5) is 11.7 Å². The molecule has 3 aromatic rings. The number of aromatic nitrogens is 1. The molecule has 0 atom stereocenters. The van der Waals surface area contributed by atoms with E-state index < -0.39 is 0 Å². The summed E-state index contributed by atoms with van der Waals surface area (Å²) in [7, 11) is 0. The zero-order valence-corrected chi connectivity index (χ0v) is 10.5. The van der Waals surface area contributed by atoms with Crippen LogP contribution in [0.3, 0.4) is 0 Å². The molecule has 0 radical (unpaired) electrons. The van der Waals surface area contributed by atoms with E-state index in [4.69, 9.17) is 16.0 Å². The third-order valence-corrected chi connectivity index (χ3v) is 2.89. The predicted octanol–water partition coefficient (Wildman–Crippen LogP) is 4.53. The van der Waals surface area contributed by atoms with Gasteiger partial charge in [-0.1, -0.05) is 29.3 Å². The fraction of sp³-hybridized carbons (Fsp3) is 0.0714. The zero-order chi connectivity index (χ0) is 12.5. The van der Waals surface area contributed by atoms with Crippen molar-refractivity contribution < 1.29 is 4.42 Å². The second-order valence-electron chi connectivity index (χ2n) is 4.12. The lowest BCUT2D eigenvalue weighted by Crippen LogP contribution is -1.89. The Kier molecular flexibility index (Phi) is 2.68. The number of aryl methyl sites for hydroxylation is 1. The molecule has 0 aliphatic carbocycles. The van der Waals surface area contributed by atoms with Crippen LogP contribution in [0.1, 0.15) is 5.56 Å². The molecule has 0 saturated carbocycles. The van der Waals surface area contributed by atoms with Gasteiger partial charge in [-0.15, -0.1) is 0 Å². The van der Waals surface area contributed by atoms with Crippen molar-refractivity contribution in [3.05, 3.63) is 53.1 Å². The third kappa shape index (κ3) is 2.17. The quantitative estimate of drug-likeness (QED) is 0.734. The fourth-order valence-corrected chi connectivity index (χ4v) is 1.88. The first kappa shape index (κ1) is 11.1. The van der Waals surface area contributed by atoms with Gasteiger partial charge in [0.25, 0.3) is 6.01 Å². The number of benzene rings is 2. The molecule has 1 N–H and O–H groups in total. The van der Waals surface area contributed by atoms with Gasteiger partial charge in [-0.3, -0.25) is 0 Å². The molecule has 1 heterocycles. The van der Waals surface area contributed by atoms with E-state index >= 15 is 0 Å². The van der Waals surface area contributed by atoms with Crippen molar-refractivity contribution in [1.29, 1.82) is 0 Å². The van der Waals surface area contributed by atoms with E-state index in [1.807, 2.05) is 37.3 Å². The Labute approximate surface area is 109 Å². The van der Waals surface area contributed by atoms with Gasteiger partial charge in [-0.25, -0.2) is 0 Å². The maximum atomic E-state index is 5.90. The van der Waals surface area contributed by atoms with Crippen LogP contribution in [0.5, 0.6) is 0 Å². The molecule has 18 heavy (non-hydrogen) atoms. The van der Waals surface area contributed by atoms with Crippen molar-refractivity contribution in [1.82, 2.24) is 4.98 Å². The van der Waals surface area contributed by atoms with Crippen LogP contribution in [-0.4, -0.2) is 4.98 Å². The molecule has 0 fully saturated rings. The predicted molar refractivity (Wildman–Crippen MR) is 73.5 cm³/mol. The zero-order valence-electron chi connectivity index (χ0n) is 9.77. The van der Waals surface area contributed by atoms with E-state index in [2.05, 4.69) is 10.3 Å². The van der Waals surface area contributed by atoms with Crippen molar-refractivity contribution in [2.24, 2.45) is 0 Å². The first-order chi connectivity index (χ1) is 8.70. The summed E-state index contributed by atoms with van der Waals surface area (Å²) in [6.07, 6.45) is 0. The molecule has 3 nitrogen and oxygen atoms in total. The lowest BCUT2D eigenvalue weighted by molar-refractivity contribution is 0.623. The number of fused-ring (bicyclic) bond motifs is 1. The third-order valence-electron chi connectivity index (χ3n) is 2.65. The average Bonchev–Trinajstić information content (AvgIpc) is 2.73. The molecule has 0 amide bonds. The highest BCUT2D eigenvalue weighted by Gasteiger charge is 2.06. The maximum absolute atomic E-state index is 5.90. The van der Waals surface area contributed by atoms with Crippen LogP contribution in [0.2, 0.25) is 5.02 Å². The Morgan fingerprint density at radius 2 is 1.89 bits per heavy atom. The molecular formula is C14H11ClN2O. The van der Waals surface area contributed by atoms with Crippen molar-refractivity contribution in [2.45, 2.75) is 6.92 Å². The Morgan fingerprint density at radius 3 is 2.67 bits per heavy atom. The van der Waals surface area contributed by atoms with Crippen LogP contribution < -0.4 is 5.32 Å². The van der Waals surface area contributed by atoms with E-state index in [0.29, 0.717) is 16.6 Å². The van der Waals surface area contributed by atoms with E-state index in [0.717, 1.165) is 11.2 Å². The topological polar surface area (TPSA) is 38.1 Å². The molecule has 1 aromatic heterocycles. The maximum Gasteiger partial charge on any atom is 0.300 e. The summed E-state index contributed by atoms with van der Waals surface area (Å²) in [6.45, 7) is 2.05. The van der Waals surface area contributed by atoms with Gasteiger partial charge in [0.05, 0.1) is 0 Å². The number of nitrogens with one attached hydrogen (secondary N) is 1. The lowest BCUT2D eigenvalue weighted by atomic mass is 10.2. The van der Waals surface area contributed by atoms with Gasteiger partial charge in [0, 0.05) is 10.7 Å². The molecular weight excluding hydrogens is 248 g/mol. The van der Waals surface area contributed by atoms with Gasteiger partial charge in [0.15, 0.2) is 5.58 Å². The molecule has 0 unspecified atom stereocenters. The first-order valence-electron chi connectivity index (χ1n) is 5.60. The van der Waals surface area contributed by atoms with Gasteiger partial charge in [-0.05, 0) is 37.3 Å². The minimum Gasteiger partial charge on any atom is -0.423 e. The number of anilines is 2. The number of oxazole rings is 1.